The molecule has 2 rings (SSSR count). The van der Waals surface area contributed by atoms with Crippen molar-refractivity contribution in [2.45, 2.75) is 26.3 Å². The molecule has 0 amide bonds. The molecule has 1 aliphatic heterocycles. The predicted octanol–water partition coefficient (Wildman–Crippen LogP) is 2.02. The SMILES string of the molecule is CCNC(=NCCS(=O)(=O)CC)NC1CCN(c2ccc(Br)cc2)C1. The second-order valence-electron chi connectivity index (χ2n) is 6.05. The van der Waals surface area contributed by atoms with Gasteiger partial charge in [0.15, 0.2) is 15.8 Å². The average Bonchev–Trinajstić information content (AvgIpc) is 3.04. The van der Waals surface area contributed by atoms with Crippen LogP contribution in [0.25, 0.3) is 0 Å². The second kappa shape index (κ2) is 9.43. The Morgan fingerprint density at radius 1 is 1.32 bits per heavy atom. The fourth-order valence-corrected chi connectivity index (χ4v) is 3.64. The molecule has 1 aliphatic rings. The standard InChI is InChI=1S/C17H27BrN4O2S/c1-3-19-17(20-10-12-25(23,24)4-2)21-15-9-11-22(13-15)16-7-5-14(18)6-8-16/h5-8,15H,3-4,9-13H2,1-2H3,(H2,19,20,21). The Balaban J connectivity index is 1.90. The Morgan fingerprint density at radius 3 is 2.68 bits per heavy atom. The van der Waals surface area contributed by atoms with Crippen LogP contribution >= 0.6 is 15.9 Å². The van der Waals surface area contributed by atoms with Gasteiger partial charge in [0.2, 0.25) is 0 Å². The lowest BCUT2D eigenvalue weighted by Crippen LogP contribution is -2.44. The van der Waals surface area contributed by atoms with E-state index in [1.807, 2.05) is 6.92 Å². The van der Waals surface area contributed by atoms with Crippen LogP contribution in [0.2, 0.25) is 0 Å². The predicted molar refractivity (Wildman–Crippen MR) is 108 cm³/mol. The number of hydrogen-bond donors (Lipinski definition) is 2. The van der Waals surface area contributed by atoms with Gasteiger partial charge in [0.25, 0.3) is 0 Å². The number of halogens is 1. The minimum absolute atomic E-state index is 0.0930. The van der Waals surface area contributed by atoms with E-state index in [4.69, 9.17) is 0 Å². The van der Waals surface area contributed by atoms with E-state index in [-0.39, 0.29) is 18.1 Å². The summed E-state index contributed by atoms with van der Waals surface area (Å²) < 4.78 is 24.3. The zero-order valence-electron chi connectivity index (χ0n) is 14.8. The largest absolute Gasteiger partial charge is 0.369 e. The fourth-order valence-electron chi connectivity index (χ4n) is 2.72. The van der Waals surface area contributed by atoms with Gasteiger partial charge in [-0.05, 0) is 37.6 Å². The van der Waals surface area contributed by atoms with Gasteiger partial charge in [0.05, 0.1) is 12.3 Å². The van der Waals surface area contributed by atoms with Crippen molar-refractivity contribution in [1.82, 2.24) is 10.6 Å². The average molecular weight is 431 g/mol. The summed E-state index contributed by atoms with van der Waals surface area (Å²) in [5.74, 6) is 0.948. The molecule has 25 heavy (non-hydrogen) atoms. The van der Waals surface area contributed by atoms with E-state index in [2.05, 4.69) is 60.7 Å². The topological polar surface area (TPSA) is 73.8 Å². The highest BCUT2D eigenvalue weighted by atomic mass is 79.9. The Morgan fingerprint density at radius 2 is 2.04 bits per heavy atom. The highest BCUT2D eigenvalue weighted by Gasteiger charge is 2.23. The Labute approximate surface area is 159 Å². The van der Waals surface area contributed by atoms with Crippen molar-refractivity contribution in [2.75, 3.05) is 42.6 Å². The molecule has 0 radical (unpaired) electrons. The third kappa shape index (κ3) is 6.51. The van der Waals surface area contributed by atoms with Gasteiger partial charge < -0.3 is 15.5 Å². The lowest BCUT2D eigenvalue weighted by molar-refractivity contribution is 0.597. The highest BCUT2D eigenvalue weighted by molar-refractivity contribution is 9.10. The van der Waals surface area contributed by atoms with Crippen molar-refractivity contribution < 1.29 is 8.42 Å². The first-order valence-electron chi connectivity index (χ1n) is 8.69. The normalized spacial score (nSPS) is 18.4. The van der Waals surface area contributed by atoms with Crippen molar-refractivity contribution in [2.24, 2.45) is 4.99 Å². The summed E-state index contributed by atoms with van der Waals surface area (Å²) in [6, 6.07) is 8.62. The Hall–Kier alpha value is -1.28. The second-order valence-corrected chi connectivity index (χ2v) is 9.44. The molecular formula is C17H27BrN4O2S. The summed E-state index contributed by atoms with van der Waals surface area (Å²) in [4.78, 5) is 6.75. The smallest absolute Gasteiger partial charge is 0.191 e. The number of guanidine groups is 1. The number of benzene rings is 1. The lowest BCUT2D eigenvalue weighted by Gasteiger charge is -2.20. The van der Waals surface area contributed by atoms with Crippen molar-refractivity contribution >= 4 is 37.4 Å². The van der Waals surface area contributed by atoms with Crippen LogP contribution in [-0.4, -0.2) is 58.1 Å². The number of sulfone groups is 1. The minimum atomic E-state index is -2.98. The summed E-state index contributed by atoms with van der Waals surface area (Å²) in [6.07, 6.45) is 1.02. The zero-order chi connectivity index (χ0) is 18.3. The third-order valence-electron chi connectivity index (χ3n) is 4.18. The summed E-state index contributed by atoms with van der Waals surface area (Å²) >= 11 is 3.46. The fraction of sp³-hybridized carbons (Fsp3) is 0.588. The molecule has 1 aromatic carbocycles. The van der Waals surface area contributed by atoms with Gasteiger partial charge in [-0.3, -0.25) is 4.99 Å². The quantitative estimate of drug-likeness (QED) is 0.511. The number of aliphatic imine (C=N–C) groups is 1. The summed E-state index contributed by atoms with van der Waals surface area (Å²) in [5, 5.41) is 6.62. The maximum absolute atomic E-state index is 11.6. The maximum Gasteiger partial charge on any atom is 0.191 e. The monoisotopic (exact) mass is 430 g/mol. The molecule has 0 aliphatic carbocycles. The molecule has 1 fully saturated rings. The molecule has 2 N–H and O–H groups in total. The molecule has 140 valence electrons. The molecule has 0 spiro atoms. The van der Waals surface area contributed by atoms with Gasteiger partial charge in [0.1, 0.15) is 0 Å². The first-order valence-corrected chi connectivity index (χ1v) is 11.3. The van der Waals surface area contributed by atoms with Crippen LogP contribution in [0, 0.1) is 0 Å². The molecule has 1 atom stereocenters. The molecule has 1 unspecified atom stereocenters. The molecule has 0 saturated carbocycles. The van der Waals surface area contributed by atoms with Crippen LogP contribution < -0.4 is 15.5 Å². The van der Waals surface area contributed by atoms with Crippen LogP contribution in [-0.2, 0) is 9.84 Å². The van der Waals surface area contributed by atoms with Crippen molar-refractivity contribution in [3.63, 3.8) is 0 Å². The minimum Gasteiger partial charge on any atom is -0.369 e. The van der Waals surface area contributed by atoms with E-state index in [1.165, 1.54) is 5.69 Å². The Kier molecular flexibility index (Phi) is 7.56. The maximum atomic E-state index is 11.6. The van der Waals surface area contributed by atoms with E-state index in [1.54, 1.807) is 6.92 Å². The van der Waals surface area contributed by atoms with E-state index in [9.17, 15) is 8.42 Å². The number of rotatable bonds is 7. The molecule has 8 heteroatoms. The van der Waals surface area contributed by atoms with Gasteiger partial charge in [-0.15, -0.1) is 0 Å². The number of nitrogens with zero attached hydrogens (tertiary/aromatic N) is 2. The Bertz CT molecular complexity index is 676. The first kappa shape index (κ1) is 20.0. The number of hydrogen-bond acceptors (Lipinski definition) is 4. The van der Waals surface area contributed by atoms with Crippen molar-refractivity contribution in [3.05, 3.63) is 28.7 Å². The van der Waals surface area contributed by atoms with E-state index < -0.39 is 9.84 Å². The summed E-state index contributed by atoms with van der Waals surface area (Å²) in [7, 11) is -2.98. The molecule has 1 aromatic rings. The molecule has 1 heterocycles. The van der Waals surface area contributed by atoms with Crippen LogP contribution in [0.15, 0.2) is 33.7 Å². The molecule has 0 aromatic heterocycles. The van der Waals surface area contributed by atoms with Crippen LogP contribution in [0.3, 0.4) is 0 Å². The van der Waals surface area contributed by atoms with E-state index in [0.717, 1.165) is 30.5 Å². The number of nitrogens with one attached hydrogen (secondary N) is 2. The van der Waals surface area contributed by atoms with Crippen molar-refractivity contribution in [1.29, 1.82) is 0 Å². The van der Waals surface area contributed by atoms with Crippen LogP contribution in [0.5, 0.6) is 0 Å². The molecule has 0 bridgehead atoms. The van der Waals surface area contributed by atoms with Gasteiger partial charge >= 0.3 is 0 Å². The van der Waals surface area contributed by atoms with E-state index >= 15 is 0 Å². The zero-order valence-corrected chi connectivity index (χ0v) is 17.2. The van der Waals surface area contributed by atoms with Crippen LogP contribution in [0.1, 0.15) is 20.3 Å². The molecule has 1 saturated heterocycles. The highest BCUT2D eigenvalue weighted by Crippen LogP contribution is 2.22. The van der Waals surface area contributed by atoms with Crippen LogP contribution in [0.4, 0.5) is 5.69 Å². The van der Waals surface area contributed by atoms with Gasteiger partial charge in [-0.1, -0.05) is 22.9 Å². The van der Waals surface area contributed by atoms with Gasteiger partial charge in [-0.25, -0.2) is 8.42 Å². The first-order chi connectivity index (χ1) is 11.9. The van der Waals surface area contributed by atoms with Gasteiger partial charge in [-0.2, -0.15) is 0 Å². The molecular weight excluding hydrogens is 404 g/mol. The lowest BCUT2D eigenvalue weighted by atomic mass is 10.3. The molecule has 6 nitrogen and oxygen atoms in total. The van der Waals surface area contributed by atoms with Crippen molar-refractivity contribution in [3.8, 4) is 0 Å². The summed E-state index contributed by atoms with van der Waals surface area (Å²) in [6.45, 7) is 6.59. The number of anilines is 1. The third-order valence-corrected chi connectivity index (χ3v) is 6.39. The van der Waals surface area contributed by atoms with E-state index in [0.29, 0.717) is 12.0 Å². The van der Waals surface area contributed by atoms with Gasteiger partial charge in [0, 0.05) is 41.6 Å². The summed E-state index contributed by atoms with van der Waals surface area (Å²) in [5.41, 5.74) is 1.21.